The molecule has 1 unspecified atom stereocenters. The SMILES string of the molecule is CCNC(c1cc(Br)ccc1Br)C1(C)CCCC1. The van der Waals surface area contributed by atoms with Crippen molar-refractivity contribution in [2.24, 2.45) is 5.41 Å². The molecule has 0 spiro atoms. The Morgan fingerprint density at radius 2 is 1.94 bits per heavy atom. The summed E-state index contributed by atoms with van der Waals surface area (Å²) in [5.41, 5.74) is 1.77. The third-order valence-electron chi connectivity index (χ3n) is 4.12. The summed E-state index contributed by atoms with van der Waals surface area (Å²) < 4.78 is 2.37. The highest BCUT2D eigenvalue weighted by atomic mass is 79.9. The highest BCUT2D eigenvalue weighted by Crippen LogP contribution is 2.48. The molecule has 1 saturated carbocycles. The zero-order chi connectivity index (χ0) is 13.2. The molecule has 1 atom stereocenters. The van der Waals surface area contributed by atoms with Crippen molar-refractivity contribution in [1.82, 2.24) is 5.32 Å². The van der Waals surface area contributed by atoms with Gasteiger partial charge in [-0.25, -0.2) is 0 Å². The summed E-state index contributed by atoms with van der Waals surface area (Å²) in [6.07, 6.45) is 5.38. The molecular weight excluding hydrogens is 354 g/mol. The Morgan fingerprint density at radius 3 is 2.56 bits per heavy atom. The summed E-state index contributed by atoms with van der Waals surface area (Å²) in [5, 5.41) is 3.70. The molecular formula is C15H21Br2N. The molecule has 0 saturated heterocycles. The lowest BCUT2D eigenvalue weighted by atomic mass is 9.77. The predicted octanol–water partition coefficient (Wildman–Crippen LogP) is 5.44. The van der Waals surface area contributed by atoms with Gasteiger partial charge in [-0.3, -0.25) is 0 Å². The topological polar surface area (TPSA) is 12.0 Å². The van der Waals surface area contributed by atoms with Crippen LogP contribution >= 0.6 is 31.9 Å². The number of rotatable bonds is 4. The van der Waals surface area contributed by atoms with Crippen molar-refractivity contribution in [3.05, 3.63) is 32.7 Å². The van der Waals surface area contributed by atoms with Crippen LogP contribution in [0, 0.1) is 5.41 Å². The minimum atomic E-state index is 0.388. The maximum atomic E-state index is 3.71. The molecule has 0 bridgehead atoms. The Kier molecular flexibility index (Phi) is 4.90. The third-order valence-corrected chi connectivity index (χ3v) is 5.34. The Hall–Kier alpha value is 0.140. The quantitative estimate of drug-likeness (QED) is 0.739. The molecule has 1 aliphatic carbocycles. The van der Waals surface area contributed by atoms with Crippen molar-refractivity contribution in [2.75, 3.05) is 6.54 Å². The maximum absolute atomic E-state index is 3.71. The van der Waals surface area contributed by atoms with Gasteiger partial charge in [-0.15, -0.1) is 0 Å². The van der Waals surface area contributed by atoms with Gasteiger partial charge in [0.1, 0.15) is 0 Å². The third kappa shape index (κ3) is 3.00. The van der Waals surface area contributed by atoms with Crippen LogP contribution in [0.2, 0.25) is 0 Å². The summed E-state index contributed by atoms with van der Waals surface area (Å²) in [5.74, 6) is 0. The van der Waals surface area contributed by atoms with Crippen molar-refractivity contribution in [3.8, 4) is 0 Å². The first-order chi connectivity index (χ1) is 8.57. The van der Waals surface area contributed by atoms with E-state index in [0.29, 0.717) is 11.5 Å². The number of nitrogens with one attached hydrogen (secondary N) is 1. The van der Waals surface area contributed by atoms with E-state index in [9.17, 15) is 0 Å². The van der Waals surface area contributed by atoms with E-state index < -0.39 is 0 Å². The summed E-state index contributed by atoms with van der Waals surface area (Å²) >= 11 is 7.30. The van der Waals surface area contributed by atoms with Crippen LogP contribution < -0.4 is 5.32 Å². The van der Waals surface area contributed by atoms with Gasteiger partial charge in [0.2, 0.25) is 0 Å². The van der Waals surface area contributed by atoms with Crippen LogP contribution in [0.5, 0.6) is 0 Å². The van der Waals surface area contributed by atoms with Crippen molar-refractivity contribution in [2.45, 2.75) is 45.6 Å². The minimum absolute atomic E-state index is 0.388. The summed E-state index contributed by atoms with van der Waals surface area (Å²) in [4.78, 5) is 0. The lowest BCUT2D eigenvalue weighted by molar-refractivity contribution is 0.225. The van der Waals surface area contributed by atoms with Crippen LogP contribution in [0.4, 0.5) is 0 Å². The zero-order valence-corrected chi connectivity index (χ0v) is 14.3. The van der Waals surface area contributed by atoms with Gasteiger partial charge in [0.25, 0.3) is 0 Å². The van der Waals surface area contributed by atoms with Crippen molar-refractivity contribution in [3.63, 3.8) is 0 Å². The smallest absolute Gasteiger partial charge is 0.0386 e. The normalized spacial score (nSPS) is 20.0. The first-order valence-electron chi connectivity index (χ1n) is 6.75. The van der Waals surface area contributed by atoms with E-state index in [1.54, 1.807) is 0 Å². The van der Waals surface area contributed by atoms with Gasteiger partial charge < -0.3 is 5.32 Å². The second-order valence-electron chi connectivity index (χ2n) is 5.52. The monoisotopic (exact) mass is 373 g/mol. The van der Waals surface area contributed by atoms with Crippen LogP contribution in [0.25, 0.3) is 0 Å². The highest BCUT2D eigenvalue weighted by molar-refractivity contribution is 9.11. The Bertz CT molecular complexity index is 411. The molecule has 0 heterocycles. The van der Waals surface area contributed by atoms with E-state index in [1.807, 2.05) is 0 Å². The second-order valence-corrected chi connectivity index (χ2v) is 7.29. The molecule has 3 heteroatoms. The lowest BCUT2D eigenvalue weighted by Crippen LogP contribution is -2.34. The average molecular weight is 375 g/mol. The number of benzene rings is 1. The Labute approximate surface area is 127 Å². The van der Waals surface area contributed by atoms with Crippen LogP contribution in [0.1, 0.15) is 51.1 Å². The maximum Gasteiger partial charge on any atom is 0.0386 e. The molecule has 1 aromatic carbocycles. The molecule has 2 rings (SSSR count). The van der Waals surface area contributed by atoms with E-state index >= 15 is 0 Å². The lowest BCUT2D eigenvalue weighted by Gasteiger charge is -2.36. The van der Waals surface area contributed by atoms with Crippen LogP contribution in [-0.4, -0.2) is 6.54 Å². The van der Waals surface area contributed by atoms with E-state index in [0.717, 1.165) is 11.0 Å². The molecule has 100 valence electrons. The van der Waals surface area contributed by atoms with E-state index in [1.165, 1.54) is 35.7 Å². The van der Waals surface area contributed by atoms with E-state index in [4.69, 9.17) is 0 Å². The summed E-state index contributed by atoms with van der Waals surface area (Å²) in [6, 6.07) is 6.92. The van der Waals surface area contributed by atoms with E-state index in [-0.39, 0.29) is 0 Å². The zero-order valence-electron chi connectivity index (χ0n) is 11.1. The van der Waals surface area contributed by atoms with Gasteiger partial charge in [0.05, 0.1) is 0 Å². The molecule has 18 heavy (non-hydrogen) atoms. The average Bonchev–Trinajstić information content (AvgIpc) is 2.77. The molecule has 1 fully saturated rings. The largest absolute Gasteiger partial charge is 0.310 e. The molecule has 1 N–H and O–H groups in total. The molecule has 1 aromatic rings. The number of hydrogen-bond donors (Lipinski definition) is 1. The Morgan fingerprint density at radius 1 is 1.28 bits per heavy atom. The minimum Gasteiger partial charge on any atom is -0.310 e. The van der Waals surface area contributed by atoms with Gasteiger partial charge in [-0.05, 0) is 48.6 Å². The summed E-state index contributed by atoms with van der Waals surface area (Å²) in [6.45, 7) is 5.64. The predicted molar refractivity (Wildman–Crippen MR) is 84.8 cm³/mol. The van der Waals surface area contributed by atoms with Crippen LogP contribution in [0.3, 0.4) is 0 Å². The van der Waals surface area contributed by atoms with Gasteiger partial charge in [-0.1, -0.05) is 58.5 Å². The van der Waals surface area contributed by atoms with Crippen molar-refractivity contribution >= 4 is 31.9 Å². The molecule has 0 aromatic heterocycles. The molecule has 0 radical (unpaired) electrons. The highest BCUT2D eigenvalue weighted by Gasteiger charge is 2.38. The molecule has 1 nitrogen and oxygen atoms in total. The fraction of sp³-hybridized carbons (Fsp3) is 0.600. The molecule has 1 aliphatic rings. The van der Waals surface area contributed by atoms with Gasteiger partial charge >= 0.3 is 0 Å². The first kappa shape index (κ1) is 14.5. The first-order valence-corrected chi connectivity index (χ1v) is 8.34. The van der Waals surface area contributed by atoms with Gasteiger partial charge in [0.15, 0.2) is 0 Å². The van der Waals surface area contributed by atoms with Crippen LogP contribution in [0.15, 0.2) is 27.1 Å². The van der Waals surface area contributed by atoms with Crippen molar-refractivity contribution < 1.29 is 0 Å². The molecule has 0 amide bonds. The summed E-state index contributed by atoms with van der Waals surface area (Å²) in [7, 11) is 0. The second kappa shape index (κ2) is 6.06. The Balaban J connectivity index is 2.37. The van der Waals surface area contributed by atoms with Crippen molar-refractivity contribution in [1.29, 1.82) is 0 Å². The number of hydrogen-bond acceptors (Lipinski definition) is 1. The standard InChI is InChI=1S/C15H21Br2N/c1-3-18-14(15(2)8-4-5-9-15)12-10-11(16)6-7-13(12)17/h6-7,10,14,18H,3-5,8-9H2,1-2H3. The molecule has 0 aliphatic heterocycles. The number of halogens is 2. The fourth-order valence-corrected chi connectivity index (χ4v) is 4.00. The van der Waals surface area contributed by atoms with Gasteiger partial charge in [-0.2, -0.15) is 0 Å². The van der Waals surface area contributed by atoms with Crippen LogP contribution in [-0.2, 0) is 0 Å². The van der Waals surface area contributed by atoms with Gasteiger partial charge in [0, 0.05) is 15.0 Å². The van der Waals surface area contributed by atoms with E-state index in [2.05, 4.69) is 69.2 Å². The fourth-order valence-electron chi connectivity index (χ4n) is 3.14.